The van der Waals surface area contributed by atoms with Crippen molar-refractivity contribution in [3.05, 3.63) is 22.2 Å². The lowest BCUT2D eigenvalue weighted by atomic mass is 9.86. The first-order valence-electron chi connectivity index (χ1n) is 8.25. The highest BCUT2D eigenvalue weighted by molar-refractivity contribution is 9.10. The van der Waals surface area contributed by atoms with Gasteiger partial charge in [-0.1, -0.05) is 0 Å². The van der Waals surface area contributed by atoms with E-state index in [-0.39, 0.29) is 12.4 Å². The summed E-state index contributed by atoms with van der Waals surface area (Å²) < 4.78 is 12.6. The third-order valence-corrected chi connectivity index (χ3v) is 5.71. The van der Waals surface area contributed by atoms with Gasteiger partial charge in [-0.3, -0.25) is 4.90 Å². The Morgan fingerprint density at radius 1 is 1.22 bits per heavy atom. The molecular weight excluding hydrogens is 380 g/mol. The van der Waals surface area contributed by atoms with Crippen LogP contribution in [0.2, 0.25) is 0 Å². The number of rotatable bonds is 2. The number of fused-ring (bicyclic) bond motifs is 1. The average Bonchev–Trinajstić information content (AvgIpc) is 3.04. The number of likely N-dealkylation sites (tertiary alicyclic amines) is 1. The molecule has 3 heterocycles. The lowest BCUT2D eigenvalue weighted by molar-refractivity contribution is 0.268. The van der Waals surface area contributed by atoms with Gasteiger partial charge in [0.2, 0.25) is 0 Å². The molecule has 0 saturated carbocycles. The number of nitrogens with zero attached hydrogens (tertiary/aromatic N) is 1. The minimum atomic E-state index is 0. The van der Waals surface area contributed by atoms with Gasteiger partial charge < -0.3 is 14.8 Å². The van der Waals surface area contributed by atoms with Crippen molar-refractivity contribution in [1.82, 2.24) is 10.2 Å². The second kappa shape index (κ2) is 7.18. The summed E-state index contributed by atoms with van der Waals surface area (Å²) in [5, 5.41) is 3.53. The maximum absolute atomic E-state index is 5.84. The SMILES string of the molecule is Brc1cc(CN2CCC3(CCNC3)C2)cc2c1OCCCO2.Cl. The summed E-state index contributed by atoms with van der Waals surface area (Å²) in [5.41, 5.74) is 1.84. The summed E-state index contributed by atoms with van der Waals surface area (Å²) in [5.74, 6) is 1.75. The lowest BCUT2D eigenvalue weighted by Crippen LogP contribution is -2.28. The third-order valence-electron chi connectivity index (χ3n) is 5.12. The van der Waals surface area contributed by atoms with Crippen LogP contribution < -0.4 is 14.8 Å². The maximum atomic E-state index is 5.84. The van der Waals surface area contributed by atoms with Gasteiger partial charge in [-0.25, -0.2) is 0 Å². The number of hydrogen-bond donors (Lipinski definition) is 1. The molecule has 0 aromatic heterocycles. The first-order valence-corrected chi connectivity index (χ1v) is 9.05. The molecule has 1 atom stereocenters. The van der Waals surface area contributed by atoms with E-state index in [0.717, 1.165) is 42.2 Å². The quantitative estimate of drug-likeness (QED) is 0.822. The van der Waals surface area contributed by atoms with Gasteiger partial charge in [0, 0.05) is 26.1 Å². The van der Waals surface area contributed by atoms with Gasteiger partial charge in [0.1, 0.15) is 0 Å². The standard InChI is InChI=1S/C17H23BrN2O2.ClH/c18-14-8-13(9-15-16(14)22-7-1-6-21-15)10-20-5-3-17(12-20)2-4-19-11-17;/h8-9,19H,1-7,10-12H2;1H. The molecule has 3 aliphatic heterocycles. The molecule has 4 nitrogen and oxygen atoms in total. The van der Waals surface area contributed by atoms with Crippen LogP contribution in [-0.2, 0) is 6.54 Å². The molecule has 6 heteroatoms. The Labute approximate surface area is 152 Å². The minimum Gasteiger partial charge on any atom is -0.490 e. The van der Waals surface area contributed by atoms with E-state index in [1.165, 1.54) is 44.6 Å². The molecule has 2 fully saturated rings. The highest BCUT2D eigenvalue weighted by atomic mass is 79.9. The highest BCUT2D eigenvalue weighted by Crippen LogP contribution is 2.40. The number of hydrogen-bond acceptors (Lipinski definition) is 4. The van der Waals surface area contributed by atoms with Crippen LogP contribution >= 0.6 is 28.3 Å². The van der Waals surface area contributed by atoms with Crippen molar-refractivity contribution in [1.29, 1.82) is 0 Å². The summed E-state index contributed by atoms with van der Waals surface area (Å²) in [6, 6.07) is 4.34. The predicted molar refractivity (Wildman–Crippen MR) is 96.8 cm³/mol. The fourth-order valence-corrected chi connectivity index (χ4v) is 4.54. The van der Waals surface area contributed by atoms with Gasteiger partial charge in [-0.05, 0) is 65.0 Å². The van der Waals surface area contributed by atoms with E-state index in [2.05, 4.69) is 38.3 Å². The number of halogens is 2. The largest absolute Gasteiger partial charge is 0.490 e. The van der Waals surface area contributed by atoms with Crippen LogP contribution in [0.4, 0.5) is 0 Å². The Kier molecular flexibility index (Phi) is 5.41. The van der Waals surface area contributed by atoms with E-state index in [4.69, 9.17) is 9.47 Å². The molecule has 2 saturated heterocycles. The molecular formula is C17H24BrClN2O2. The van der Waals surface area contributed by atoms with Gasteiger partial charge in [0.05, 0.1) is 17.7 Å². The molecule has 23 heavy (non-hydrogen) atoms. The molecule has 1 aromatic rings. The number of nitrogens with one attached hydrogen (secondary N) is 1. The molecule has 1 aromatic carbocycles. The molecule has 1 N–H and O–H groups in total. The van der Waals surface area contributed by atoms with Gasteiger partial charge >= 0.3 is 0 Å². The molecule has 1 spiro atoms. The monoisotopic (exact) mass is 402 g/mol. The lowest BCUT2D eigenvalue weighted by Gasteiger charge is -2.23. The van der Waals surface area contributed by atoms with Gasteiger partial charge in [-0.2, -0.15) is 0 Å². The molecule has 0 amide bonds. The predicted octanol–water partition coefficient (Wildman–Crippen LogP) is 3.22. The van der Waals surface area contributed by atoms with Gasteiger partial charge in [-0.15, -0.1) is 12.4 Å². The first kappa shape index (κ1) is 17.3. The van der Waals surface area contributed by atoms with Crippen molar-refractivity contribution >= 4 is 28.3 Å². The molecule has 1 unspecified atom stereocenters. The molecule has 0 bridgehead atoms. The molecule has 128 valence electrons. The Morgan fingerprint density at radius 3 is 2.91 bits per heavy atom. The molecule has 0 aliphatic carbocycles. The van der Waals surface area contributed by atoms with Gasteiger partial charge in [0.15, 0.2) is 11.5 Å². The molecule has 3 aliphatic rings. The molecule has 0 radical (unpaired) electrons. The average molecular weight is 404 g/mol. The zero-order chi connectivity index (χ0) is 15.0. The number of ether oxygens (including phenoxy) is 2. The summed E-state index contributed by atoms with van der Waals surface area (Å²) in [6.07, 6.45) is 3.60. The van der Waals surface area contributed by atoms with Crippen LogP contribution in [-0.4, -0.2) is 44.3 Å². The van der Waals surface area contributed by atoms with Crippen molar-refractivity contribution in [3.8, 4) is 11.5 Å². The summed E-state index contributed by atoms with van der Waals surface area (Å²) in [7, 11) is 0. The Bertz CT molecular complexity index is 564. The van der Waals surface area contributed by atoms with Crippen LogP contribution in [0, 0.1) is 5.41 Å². The van der Waals surface area contributed by atoms with Crippen molar-refractivity contribution in [2.24, 2.45) is 5.41 Å². The highest BCUT2D eigenvalue weighted by Gasteiger charge is 2.40. The van der Waals surface area contributed by atoms with E-state index >= 15 is 0 Å². The first-order chi connectivity index (χ1) is 10.7. The van der Waals surface area contributed by atoms with E-state index in [9.17, 15) is 0 Å². The zero-order valence-electron chi connectivity index (χ0n) is 13.3. The van der Waals surface area contributed by atoms with Crippen LogP contribution in [0.15, 0.2) is 16.6 Å². The fourth-order valence-electron chi connectivity index (χ4n) is 3.94. The van der Waals surface area contributed by atoms with E-state index in [1.807, 2.05) is 0 Å². The second-order valence-electron chi connectivity index (χ2n) is 6.84. The van der Waals surface area contributed by atoms with Crippen molar-refractivity contribution in [3.63, 3.8) is 0 Å². The maximum Gasteiger partial charge on any atom is 0.175 e. The van der Waals surface area contributed by atoms with E-state index < -0.39 is 0 Å². The van der Waals surface area contributed by atoms with Crippen LogP contribution in [0.5, 0.6) is 11.5 Å². The zero-order valence-corrected chi connectivity index (χ0v) is 15.7. The van der Waals surface area contributed by atoms with E-state index in [1.54, 1.807) is 0 Å². The fraction of sp³-hybridized carbons (Fsp3) is 0.647. The third kappa shape index (κ3) is 3.63. The second-order valence-corrected chi connectivity index (χ2v) is 7.70. The van der Waals surface area contributed by atoms with Crippen LogP contribution in [0.1, 0.15) is 24.8 Å². The number of benzene rings is 1. The van der Waals surface area contributed by atoms with Gasteiger partial charge in [0.25, 0.3) is 0 Å². The summed E-state index contributed by atoms with van der Waals surface area (Å²) >= 11 is 3.64. The minimum absolute atomic E-state index is 0. The Morgan fingerprint density at radius 2 is 2.09 bits per heavy atom. The summed E-state index contributed by atoms with van der Waals surface area (Å²) in [6.45, 7) is 7.25. The van der Waals surface area contributed by atoms with E-state index in [0.29, 0.717) is 5.41 Å². The van der Waals surface area contributed by atoms with Crippen molar-refractivity contribution in [2.45, 2.75) is 25.8 Å². The van der Waals surface area contributed by atoms with Crippen molar-refractivity contribution < 1.29 is 9.47 Å². The Balaban J connectivity index is 0.00000156. The van der Waals surface area contributed by atoms with Crippen molar-refractivity contribution in [2.75, 3.05) is 39.4 Å². The Hall–Kier alpha value is -0.490. The molecule has 4 rings (SSSR count). The van der Waals surface area contributed by atoms with Crippen LogP contribution in [0.3, 0.4) is 0 Å². The van der Waals surface area contributed by atoms with Crippen LogP contribution in [0.25, 0.3) is 0 Å². The smallest absolute Gasteiger partial charge is 0.175 e. The topological polar surface area (TPSA) is 33.7 Å². The normalized spacial score (nSPS) is 27.0. The summed E-state index contributed by atoms with van der Waals surface area (Å²) in [4.78, 5) is 2.58.